The van der Waals surface area contributed by atoms with E-state index >= 15 is 0 Å². The van der Waals surface area contributed by atoms with Gasteiger partial charge in [0.15, 0.2) is 0 Å². The van der Waals surface area contributed by atoms with Gasteiger partial charge in [0, 0.05) is 25.8 Å². The van der Waals surface area contributed by atoms with Crippen LogP contribution in [0.4, 0.5) is 5.82 Å². The van der Waals surface area contributed by atoms with Crippen LogP contribution in [0.2, 0.25) is 5.02 Å². The van der Waals surface area contributed by atoms with Gasteiger partial charge >= 0.3 is 0 Å². The van der Waals surface area contributed by atoms with Crippen LogP contribution in [0.25, 0.3) is 0 Å². The number of nitrogens with one attached hydrogen (secondary N) is 2. The summed E-state index contributed by atoms with van der Waals surface area (Å²) in [4.78, 5) is 30.4. The number of rotatable bonds is 3. The van der Waals surface area contributed by atoms with Gasteiger partial charge in [0.25, 0.3) is 5.91 Å². The maximum Gasteiger partial charge on any atom is 0.256 e. The van der Waals surface area contributed by atoms with Gasteiger partial charge < -0.3 is 15.5 Å². The summed E-state index contributed by atoms with van der Waals surface area (Å²) < 4.78 is 0. The number of aromatic nitrogens is 1. The SMILES string of the molecule is CCNc1cc(C(=O)N2CCNC(=O)C2(C)C)c(Cl)cn1. The van der Waals surface area contributed by atoms with Gasteiger partial charge in [0.05, 0.1) is 10.6 Å². The first-order valence-electron chi connectivity index (χ1n) is 6.87. The lowest BCUT2D eigenvalue weighted by molar-refractivity contribution is -0.133. The van der Waals surface area contributed by atoms with Gasteiger partial charge in [-0.05, 0) is 26.8 Å². The number of anilines is 1. The van der Waals surface area contributed by atoms with Gasteiger partial charge in [-0.3, -0.25) is 9.59 Å². The summed E-state index contributed by atoms with van der Waals surface area (Å²) in [6.45, 7) is 6.97. The molecule has 1 aromatic rings. The van der Waals surface area contributed by atoms with Gasteiger partial charge in [-0.2, -0.15) is 0 Å². The van der Waals surface area contributed by atoms with E-state index in [0.717, 1.165) is 0 Å². The standard InChI is InChI=1S/C14H19ClN4O2/c1-4-16-11-7-9(10(15)8-18-11)12(20)19-6-5-17-13(21)14(19,2)3/h7-8H,4-6H2,1-3H3,(H,16,18)(H,17,21). The van der Waals surface area contributed by atoms with Crippen molar-refractivity contribution < 1.29 is 9.59 Å². The lowest BCUT2D eigenvalue weighted by Gasteiger charge is -2.41. The Bertz CT molecular complexity index is 574. The second-order valence-corrected chi connectivity index (χ2v) is 5.76. The third-order valence-corrected chi connectivity index (χ3v) is 3.84. The fourth-order valence-electron chi connectivity index (χ4n) is 2.28. The summed E-state index contributed by atoms with van der Waals surface area (Å²) in [5.41, 5.74) is -0.550. The minimum absolute atomic E-state index is 0.167. The fourth-order valence-corrected chi connectivity index (χ4v) is 2.46. The molecule has 7 heteroatoms. The first-order chi connectivity index (χ1) is 9.87. The molecule has 0 unspecified atom stereocenters. The molecule has 114 valence electrons. The van der Waals surface area contributed by atoms with E-state index in [2.05, 4.69) is 15.6 Å². The zero-order valence-electron chi connectivity index (χ0n) is 12.4. The molecular weight excluding hydrogens is 292 g/mol. The van der Waals surface area contributed by atoms with Crippen LogP contribution in [-0.4, -0.2) is 46.9 Å². The molecule has 2 N–H and O–H groups in total. The molecule has 2 heterocycles. The number of piperazine rings is 1. The monoisotopic (exact) mass is 310 g/mol. The van der Waals surface area contributed by atoms with Crippen molar-refractivity contribution in [2.45, 2.75) is 26.3 Å². The van der Waals surface area contributed by atoms with Crippen LogP contribution in [0, 0.1) is 0 Å². The predicted molar refractivity (Wildman–Crippen MR) is 81.5 cm³/mol. The van der Waals surface area contributed by atoms with Crippen LogP contribution in [0.1, 0.15) is 31.1 Å². The molecule has 0 spiro atoms. The van der Waals surface area contributed by atoms with Gasteiger partial charge in [0.1, 0.15) is 11.4 Å². The molecule has 1 aliphatic heterocycles. The summed E-state index contributed by atoms with van der Waals surface area (Å²) in [6, 6.07) is 1.62. The van der Waals surface area contributed by atoms with Crippen molar-refractivity contribution in [3.05, 3.63) is 22.8 Å². The third-order valence-electron chi connectivity index (χ3n) is 3.54. The Morgan fingerprint density at radius 2 is 2.29 bits per heavy atom. The molecule has 6 nitrogen and oxygen atoms in total. The number of amides is 2. The molecule has 2 amide bonds. The number of pyridine rings is 1. The molecule has 0 bridgehead atoms. The number of hydrogen-bond acceptors (Lipinski definition) is 4. The number of carbonyl (C=O) groups is 2. The second-order valence-electron chi connectivity index (χ2n) is 5.35. The molecule has 1 aliphatic rings. The zero-order chi connectivity index (χ0) is 15.6. The van der Waals surface area contributed by atoms with Crippen molar-refractivity contribution in [3.8, 4) is 0 Å². The zero-order valence-corrected chi connectivity index (χ0v) is 13.1. The highest BCUT2D eigenvalue weighted by atomic mass is 35.5. The Morgan fingerprint density at radius 1 is 1.57 bits per heavy atom. The van der Waals surface area contributed by atoms with E-state index < -0.39 is 5.54 Å². The van der Waals surface area contributed by atoms with Crippen molar-refractivity contribution in [3.63, 3.8) is 0 Å². The van der Waals surface area contributed by atoms with Crippen LogP contribution >= 0.6 is 11.6 Å². The molecule has 2 rings (SSSR count). The summed E-state index contributed by atoms with van der Waals surface area (Å²) in [5, 5.41) is 6.09. The quantitative estimate of drug-likeness (QED) is 0.887. The molecule has 1 saturated heterocycles. The first kappa shape index (κ1) is 15.6. The Hall–Kier alpha value is -1.82. The molecule has 0 radical (unpaired) electrons. The lowest BCUT2D eigenvalue weighted by atomic mass is 9.97. The lowest BCUT2D eigenvalue weighted by Crippen LogP contribution is -2.63. The van der Waals surface area contributed by atoms with Crippen molar-refractivity contribution in [1.82, 2.24) is 15.2 Å². The van der Waals surface area contributed by atoms with Gasteiger partial charge in [0.2, 0.25) is 5.91 Å². The summed E-state index contributed by atoms with van der Waals surface area (Å²) >= 11 is 6.10. The largest absolute Gasteiger partial charge is 0.370 e. The minimum Gasteiger partial charge on any atom is -0.370 e. The maximum atomic E-state index is 12.7. The van der Waals surface area contributed by atoms with E-state index in [-0.39, 0.29) is 16.8 Å². The molecule has 0 aliphatic carbocycles. The molecule has 1 fully saturated rings. The van der Waals surface area contributed by atoms with Gasteiger partial charge in [-0.1, -0.05) is 11.6 Å². The third kappa shape index (κ3) is 2.95. The maximum absolute atomic E-state index is 12.7. The minimum atomic E-state index is -0.902. The van der Waals surface area contributed by atoms with Crippen molar-refractivity contribution >= 4 is 29.2 Å². The molecular formula is C14H19ClN4O2. The fraction of sp³-hybridized carbons (Fsp3) is 0.500. The second kappa shape index (κ2) is 5.89. The number of halogens is 1. The van der Waals surface area contributed by atoms with E-state index in [1.54, 1.807) is 24.8 Å². The normalized spacial score (nSPS) is 17.3. The number of hydrogen-bond donors (Lipinski definition) is 2. The summed E-state index contributed by atoms with van der Waals surface area (Å²) in [6.07, 6.45) is 1.45. The molecule has 0 aromatic carbocycles. The van der Waals surface area contributed by atoms with Gasteiger partial charge in [-0.15, -0.1) is 0 Å². The number of nitrogens with zero attached hydrogens (tertiary/aromatic N) is 2. The van der Waals surface area contributed by atoms with Crippen molar-refractivity contribution in [2.24, 2.45) is 0 Å². The topological polar surface area (TPSA) is 74.3 Å². The average Bonchev–Trinajstić information content (AvgIpc) is 2.43. The Morgan fingerprint density at radius 3 is 2.95 bits per heavy atom. The van der Waals surface area contributed by atoms with E-state index in [1.165, 1.54) is 6.20 Å². The van der Waals surface area contributed by atoms with Crippen LogP contribution < -0.4 is 10.6 Å². The van der Waals surface area contributed by atoms with Crippen LogP contribution in [-0.2, 0) is 4.79 Å². The Balaban J connectivity index is 2.35. The highest BCUT2D eigenvalue weighted by Gasteiger charge is 2.41. The predicted octanol–water partition coefficient (Wildman–Crippen LogP) is 1.52. The van der Waals surface area contributed by atoms with E-state index in [1.807, 2.05) is 6.92 Å². The Kier molecular flexibility index (Phi) is 4.37. The van der Waals surface area contributed by atoms with Crippen LogP contribution in [0.15, 0.2) is 12.3 Å². The summed E-state index contributed by atoms with van der Waals surface area (Å²) in [7, 11) is 0. The van der Waals surface area contributed by atoms with Crippen molar-refractivity contribution in [2.75, 3.05) is 25.0 Å². The van der Waals surface area contributed by atoms with Crippen LogP contribution in [0.3, 0.4) is 0 Å². The number of carbonyl (C=O) groups excluding carboxylic acids is 2. The van der Waals surface area contributed by atoms with Crippen molar-refractivity contribution in [1.29, 1.82) is 0 Å². The molecule has 1 aromatic heterocycles. The highest BCUT2D eigenvalue weighted by Crippen LogP contribution is 2.25. The van der Waals surface area contributed by atoms with E-state index in [0.29, 0.717) is 31.0 Å². The molecule has 0 atom stereocenters. The van der Waals surface area contributed by atoms with E-state index in [9.17, 15) is 9.59 Å². The van der Waals surface area contributed by atoms with Crippen LogP contribution in [0.5, 0.6) is 0 Å². The first-order valence-corrected chi connectivity index (χ1v) is 7.25. The van der Waals surface area contributed by atoms with E-state index in [4.69, 9.17) is 11.6 Å². The Labute approximate surface area is 128 Å². The average molecular weight is 311 g/mol. The highest BCUT2D eigenvalue weighted by molar-refractivity contribution is 6.33. The summed E-state index contributed by atoms with van der Waals surface area (Å²) in [5.74, 6) is 0.158. The molecule has 0 saturated carbocycles. The smallest absolute Gasteiger partial charge is 0.256 e. The van der Waals surface area contributed by atoms with Gasteiger partial charge in [-0.25, -0.2) is 4.98 Å². The molecule has 21 heavy (non-hydrogen) atoms.